The maximum atomic E-state index is 11.0. The van der Waals surface area contributed by atoms with Gasteiger partial charge in [0, 0.05) is 19.3 Å². The standard InChI is InChI=1S/C25H45NO6/c1-2-3-4-5-6-7-8-9-10-11-12-19-26(20-13-16-23(27)28,21-14-17-24(29)30)22-15-18-25(31)32/h7-8H,2-6,9-22H2,1H3,(H2-,27,28,29,30,31,32)/p+1/b8-7+. The monoisotopic (exact) mass is 456 g/mol. The smallest absolute Gasteiger partial charge is 0.303 e. The zero-order chi connectivity index (χ0) is 24.1. The average molecular weight is 457 g/mol. The van der Waals surface area contributed by atoms with Crippen LogP contribution in [0, 0.1) is 0 Å². The minimum absolute atomic E-state index is 0.0842. The number of hydrogen-bond acceptors (Lipinski definition) is 3. The van der Waals surface area contributed by atoms with Gasteiger partial charge in [-0.15, -0.1) is 0 Å². The minimum atomic E-state index is -0.833. The first kappa shape index (κ1) is 30.1. The molecule has 3 N–H and O–H groups in total. The number of nitrogens with zero attached hydrogens (tertiary/aromatic N) is 1. The van der Waals surface area contributed by atoms with Gasteiger partial charge in [0.15, 0.2) is 0 Å². The van der Waals surface area contributed by atoms with Crippen molar-refractivity contribution in [3.05, 3.63) is 12.2 Å². The summed E-state index contributed by atoms with van der Waals surface area (Å²) in [6.07, 6.45) is 16.8. The van der Waals surface area contributed by atoms with Crippen LogP contribution < -0.4 is 0 Å². The first-order chi connectivity index (χ1) is 15.3. The molecule has 0 amide bonds. The molecule has 0 heterocycles. The molecule has 0 saturated heterocycles. The Kier molecular flexibility index (Phi) is 18.6. The fourth-order valence-electron chi connectivity index (χ4n) is 4.18. The number of carboxylic acid groups (broad SMARTS) is 3. The topological polar surface area (TPSA) is 112 Å². The third kappa shape index (κ3) is 18.8. The van der Waals surface area contributed by atoms with Crippen molar-refractivity contribution in [1.29, 1.82) is 0 Å². The van der Waals surface area contributed by atoms with Crippen molar-refractivity contribution in [3.8, 4) is 0 Å². The highest BCUT2D eigenvalue weighted by Gasteiger charge is 2.27. The summed E-state index contributed by atoms with van der Waals surface area (Å²) >= 11 is 0. The highest BCUT2D eigenvalue weighted by Crippen LogP contribution is 2.18. The Labute approximate surface area is 194 Å². The van der Waals surface area contributed by atoms with Gasteiger partial charge in [-0.1, -0.05) is 38.3 Å². The van der Waals surface area contributed by atoms with Gasteiger partial charge in [0.2, 0.25) is 0 Å². The van der Waals surface area contributed by atoms with E-state index in [1.165, 1.54) is 25.7 Å². The summed E-state index contributed by atoms with van der Waals surface area (Å²) in [5, 5.41) is 27.0. The average Bonchev–Trinajstić information content (AvgIpc) is 2.71. The van der Waals surface area contributed by atoms with Crippen LogP contribution in [0.1, 0.15) is 103 Å². The molecule has 0 aliphatic rings. The molecule has 186 valence electrons. The van der Waals surface area contributed by atoms with Gasteiger partial charge >= 0.3 is 17.9 Å². The Bertz CT molecular complexity index is 496. The largest absolute Gasteiger partial charge is 0.481 e. The fourth-order valence-corrected chi connectivity index (χ4v) is 4.18. The van der Waals surface area contributed by atoms with Crippen molar-refractivity contribution in [1.82, 2.24) is 0 Å². The molecule has 0 saturated carbocycles. The maximum absolute atomic E-state index is 11.0. The van der Waals surface area contributed by atoms with Gasteiger partial charge in [0.05, 0.1) is 45.4 Å². The Morgan fingerprint density at radius 2 is 0.938 bits per heavy atom. The molecule has 0 aliphatic carbocycles. The van der Waals surface area contributed by atoms with Crippen LogP contribution in [0.4, 0.5) is 0 Å². The molecular weight excluding hydrogens is 410 g/mol. The molecule has 0 radical (unpaired) electrons. The Morgan fingerprint density at radius 1 is 0.562 bits per heavy atom. The summed E-state index contributed by atoms with van der Waals surface area (Å²) in [5.74, 6) is -2.50. The highest BCUT2D eigenvalue weighted by molar-refractivity contribution is 5.67. The quantitative estimate of drug-likeness (QED) is 0.107. The number of hydrogen-bond donors (Lipinski definition) is 3. The molecule has 0 aromatic carbocycles. The summed E-state index contributed by atoms with van der Waals surface area (Å²) in [4.78, 5) is 32.9. The van der Waals surface area contributed by atoms with Crippen LogP contribution in [0.15, 0.2) is 12.2 Å². The van der Waals surface area contributed by atoms with E-state index in [1.54, 1.807) is 0 Å². The zero-order valence-corrected chi connectivity index (χ0v) is 20.1. The predicted molar refractivity (Wildman–Crippen MR) is 127 cm³/mol. The van der Waals surface area contributed by atoms with E-state index in [0.717, 1.165) is 38.6 Å². The number of carboxylic acids is 3. The normalized spacial score (nSPS) is 11.8. The molecule has 7 nitrogen and oxygen atoms in total. The van der Waals surface area contributed by atoms with Gasteiger partial charge in [-0.3, -0.25) is 14.4 Å². The lowest BCUT2D eigenvalue weighted by atomic mass is 10.1. The highest BCUT2D eigenvalue weighted by atomic mass is 16.4. The summed E-state index contributed by atoms with van der Waals surface area (Å²) in [7, 11) is 0. The van der Waals surface area contributed by atoms with Crippen LogP contribution in [0.5, 0.6) is 0 Å². The lowest BCUT2D eigenvalue weighted by Crippen LogP contribution is -2.51. The zero-order valence-electron chi connectivity index (χ0n) is 20.1. The molecule has 32 heavy (non-hydrogen) atoms. The summed E-state index contributed by atoms with van der Waals surface area (Å²) in [5.41, 5.74) is 0. The van der Waals surface area contributed by atoms with Gasteiger partial charge in [0.1, 0.15) is 0 Å². The van der Waals surface area contributed by atoms with E-state index in [4.69, 9.17) is 15.3 Å². The van der Waals surface area contributed by atoms with Gasteiger partial charge in [-0.25, -0.2) is 0 Å². The van der Waals surface area contributed by atoms with Crippen molar-refractivity contribution in [2.45, 2.75) is 103 Å². The van der Waals surface area contributed by atoms with E-state index in [0.29, 0.717) is 43.4 Å². The van der Waals surface area contributed by atoms with Crippen molar-refractivity contribution in [3.63, 3.8) is 0 Å². The van der Waals surface area contributed by atoms with E-state index in [9.17, 15) is 14.4 Å². The second-order valence-electron chi connectivity index (χ2n) is 8.90. The van der Waals surface area contributed by atoms with Crippen LogP contribution in [-0.2, 0) is 14.4 Å². The molecule has 7 heteroatoms. The van der Waals surface area contributed by atoms with Crippen molar-refractivity contribution >= 4 is 17.9 Å². The van der Waals surface area contributed by atoms with Crippen LogP contribution >= 0.6 is 0 Å². The van der Waals surface area contributed by atoms with E-state index in [1.807, 2.05) is 0 Å². The van der Waals surface area contributed by atoms with Crippen LogP contribution in [0.25, 0.3) is 0 Å². The predicted octanol–water partition coefficient (Wildman–Crippen LogP) is 5.48. The molecule has 0 aliphatic heterocycles. The lowest BCUT2D eigenvalue weighted by Gasteiger charge is -2.39. The lowest BCUT2D eigenvalue weighted by molar-refractivity contribution is -0.929. The third-order valence-corrected chi connectivity index (χ3v) is 5.96. The third-order valence-electron chi connectivity index (χ3n) is 5.96. The van der Waals surface area contributed by atoms with Crippen LogP contribution in [-0.4, -0.2) is 63.9 Å². The molecule has 0 rings (SSSR count). The molecule has 0 bridgehead atoms. The Hall–Kier alpha value is -1.89. The SMILES string of the molecule is CCCCCC/C=C/CCCCC[N+](CCCC(=O)O)(CCCC(=O)O)CCCC(=O)O. The Morgan fingerprint density at radius 3 is 1.31 bits per heavy atom. The number of rotatable bonds is 23. The van der Waals surface area contributed by atoms with E-state index < -0.39 is 17.9 Å². The van der Waals surface area contributed by atoms with E-state index >= 15 is 0 Å². The number of unbranched alkanes of at least 4 members (excludes halogenated alkanes) is 7. The number of quaternary nitrogens is 1. The number of allylic oxidation sites excluding steroid dienone is 2. The van der Waals surface area contributed by atoms with Gasteiger partial charge in [0.25, 0.3) is 0 Å². The fraction of sp³-hybridized carbons (Fsp3) is 0.800. The molecule has 0 aromatic heterocycles. The maximum Gasteiger partial charge on any atom is 0.303 e. The number of carbonyl (C=O) groups is 3. The molecule has 0 aromatic rings. The summed E-state index contributed by atoms with van der Waals surface area (Å²) in [6.45, 7) is 5.03. The molecule has 0 spiro atoms. The second-order valence-corrected chi connectivity index (χ2v) is 8.90. The van der Waals surface area contributed by atoms with E-state index in [2.05, 4.69) is 19.1 Å². The van der Waals surface area contributed by atoms with Crippen molar-refractivity contribution in [2.75, 3.05) is 26.2 Å². The molecular formula is C25H46NO6+. The van der Waals surface area contributed by atoms with E-state index in [-0.39, 0.29) is 19.3 Å². The van der Waals surface area contributed by atoms with Crippen LogP contribution in [0.3, 0.4) is 0 Å². The van der Waals surface area contributed by atoms with Gasteiger partial charge < -0.3 is 19.8 Å². The summed E-state index contributed by atoms with van der Waals surface area (Å²) in [6, 6.07) is 0. The Balaban J connectivity index is 4.64. The first-order valence-corrected chi connectivity index (χ1v) is 12.5. The van der Waals surface area contributed by atoms with Gasteiger partial charge in [-0.05, 0) is 38.5 Å². The first-order valence-electron chi connectivity index (χ1n) is 12.5. The van der Waals surface area contributed by atoms with Gasteiger partial charge in [-0.2, -0.15) is 0 Å². The minimum Gasteiger partial charge on any atom is -0.481 e. The molecule has 0 atom stereocenters. The van der Waals surface area contributed by atoms with Crippen molar-refractivity contribution in [2.24, 2.45) is 0 Å². The molecule has 0 fully saturated rings. The number of aliphatic carboxylic acids is 3. The second kappa shape index (κ2) is 19.8. The van der Waals surface area contributed by atoms with Crippen LogP contribution in [0.2, 0.25) is 0 Å². The molecule has 0 unspecified atom stereocenters. The summed E-state index contributed by atoms with van der Waals surface area (Å²) < 4.78 is 0.626. The van der Waals surface area contributed by atoms with Crippen molar-refractivity contribution < 1.29 is 34.2 Å².